The molecule has 2 nitrogen and oxygen atoms in total. The van der Waals surface area contributed by atoms with Gasteiger partial charge in [0.05, 0.1) is 13.2 Å². The predicted octanol–water partition coefficient (Wildman–Crippen LogP) is 4.07. The lowest BCUT2D eigenvalue weighted by Gasteiger charge is -2.13. The first-order valence-electron chi connectivity index (χ1n) is 6.28. The number of benzene rings is 2. The highest BCUT2D eigenvalue weighted by molar-refractivity contribution is 6.31. The van der Waals surface area contributed by atoms with Gasteiger partial charge in [-0.25, -0.2) is 4.39 Å². The highest BCUT2D eigenvalue weighted by atomic mass is 35.5. The number of aliphatic hydroxyl groups excluding tert-OH is 1. The van der Waals surface area contributed by atoms with Gasteiger partial charge in [0.15, 0.2) is 11.6 Å². The summed E-state index contributed by atoms with van der Waals surface area (Å²) in [6.45, 7) is 1.95. The van der Waals surface area contributed by atoms with Gasteiger partial charge in [0, 0.05) is 11.4 Å². The molecule has 0 heterocycles. The third-order valence-electron chi connectivity index (χ3n) is 3.18. The number of rotatable bonds is 4. The summed E-state index contributed by atoms with van der Waals surface area (Å²) in [5, 5.41) is 10.8. The van der Waals surface area contributed by atoms with Gasteiger partial charge >= 0.3 is 0 Å². The molecule has 1 unspecified atom stereocenters. The van der Waals surface area contributed by atoms with Crippen molar-refractivity contribution in [2.24, 2.45) is 0 Å². The molecule has 2 aromatic rings. The maximum absolute atomic E-state index is 13.6. The predicted molar refractivity (Wildman–Crippen MR) is 77.8 cm³/mol. The Bertz CT molecular complexity index is 613. The number of halogens is 2. The molecule has 0 amide bonds. The van der Waals surface area contributed by atoms with Crippen molar-refractivity contribution in [3.63, 3.8) is 0 Å². The quantitative estimate of drug-likeness (QED) is 0.921. The van der Waals surface area contributed by atoms with E-state index in [2.05, 4.69) is 0 Å². The SMILES string of the molecule is COc1ccc(C(O)Cc2ccc(C)cc2Cl)cc1F. The molecular weight excluding hydrogens is 279 g/mol. The van der Waals surface area contributed by atoms with Crippen molar-refractivity contribution in [1.82, 2.24) is 0 Å². The molecule has 1 atom stereocenters. The molecule has 0 aliphatic carbocycles. The molecule has 2 rings (SSSR count). The van der Waals surface area contributed by atoms with E-state index < -0.39 is 11.9 Å². The van der Waals surface area contributed by atoms with E-state index in [4.69, 9.17) is 16.3 Å². The Hall–Kier alpha value is -1.58. The Morgan fingerprint density at radius 3 is 2.60 bits per heavy atom. The van der Waals surface area contributed by atoms with Crippen molar-refractivity contribution < 1.29 is 14.2 Å². The molecule has 2 aromatic carbocycles. The summed E-state index contributed by atoms with van der Waals surface area (Å²) < 4.78 is 18.5. The minimum Gasteiger partial charge on any atom is -0.494 e. The second kappa shape index (κ2) is 6.25. The fourth-order valence-corrected chi connectivity index (χ4v) is 2.35. The van der Waals surface area contributed by atoms with Crippen LogP contribution >= 0.6 is 11.6 Å². The van der Waals surface area contributed by atoms with Crippen LogP contribution in [-0.2, 0) is 6.42 Å². The van der Waals surface area contributed by atoms with E-state index in [1.165, 1.54) is 19.2 Å². The zero-order valence-corrected chi connectivity index (χ0v) is 12.1. The molecule has 1 N–H and O–H groups in total. The summed E-state index contributed by atoms with van der Waals surface area (Å²) in [5.41, 5.74) is 2.39. The van der Waals surface area contributed by atoms with Crippen LogP contribution in [0.3, 0.4) is 0 Å². The van der Waals surface area contributed by atoms with Gasteiger partial charge in [-0.15, -0.1) is 0 Å². The maximum atomic E-state index is 13.6. The van der Waals surface area contributed by atoms with Crippen molar-refractivity contribution in [2.45, 2.75) is 19.4 Å². The molecule has 106 valence electrons. The first-order chi connectivity index (χ1) is 9.51. The van der Waals surface area contributed by atoms with E-state index in [-0.39, 0.29) is 5.75 Å². The highest BCUT2D eigenvalue weighted by Gasteiger charge is 2.13. The maximum Gasteiger partial charge on any atom is 0.165 e. The first kappa shape index (κ1) is 14.8. The van der Waals surface area contributed by atoms with E-state index in [9.17, 15) is 9.50 Å². The number of hydrogen-bond acceptors (Lipinski definition) is 2. The van der Waals surface area contributed by atoms with Crippen LogP contribution in [0.25, 0.3) is 0 Å². The summed E-state index contributed by atoms with van der Waals surface area (Å²) in [7, 11) is 1.40. The zero-order chi connectivity index (χ0) is 14.7. The lowest BCUT2D eigenvalue weighted by molar-refractivity contribution is 0.178. The fraction of sp³-hybridized carbons (Fsp3) is 0.250. The van der Waals surface area contributed by atoms with E-state index in [1.807, 2.05) is 25.1 Å². The van der Waals surface area contributed by atoms with Gasteiger partial charge < -0.3 is 9.84 Å². The monoisotopic (exact) mass is 294 g/mol. The minimum atomic E-state index is -0.810. The molecule has 0 fully saturated rings. The number of hydrogen-bond donors (Lipinski definition) is 1. The van der Waals surface area contributed by atoms with Gasteiger partial charge in [0.2, 0.25) is 0 Å². The fourth-order valence-electron chi connectivity index (χ4n) is 2.03. The number of aryl methyl sites for hydroxylation is 1. The van der Waals surface area contributed by atoms with Gasteiger partial charge in [-0.05, 0) is 41.8 Å². The van der Waals surface area contributed by atoms with Crippen LogP contribution in [0.15, 0.2) is 36.4 Å². The van der Waals surface area contributed by atoms with Gasteiger partial charge in [-0.3, -0.25) is 0 Å². The van der Waals surface area contributed by atoms with Crippen LogP contribution in [0.4, 0.5) is 4.39 Å². The molecule has 0 aliphatic rings. The molecule has 0 radical (unpaired) electrons. The summed E-state index contributed by atoms with van der Waals surface area (Å²) in [4.78, 5) is 0. The molecule has 0 aromatic heterocycles. The van der Waals surface area contributed by atoms with Crippen molar-refractivity contribution in [2.75, 3.05) is 7.11 Å². The number of aliphatic hydroxyl groups is 1. The highest BCUT2D eigenvalue weighted by Crippen LogP contribution is 2.27. The van der Waals surface area contributed by atoms with Gasteiger partial charge in [0.25, 0.3) is 0 Å². The normalized spacial score (nSPS) is 12.2. The van der Waals surface area contributed by atoms with Crippen LogP contribution in [0.1, 0.15) is 22.8 Å². The van der Waals surface area contributed by atoms with Crippen molar-refractivity contribution in [1.29, 1.82) is 0 Å². The topological polar surface area (TPSA) is 29.5 Å². The summed E-state index contributed by atoms with van der Waals surface area (Å²) >= 11 is 6.13. The molecule has 0 saturated carbocycles. The van der Waals surface area contributed by atoms with Crippen LogP contribution in [-0.4, -0.2) is 12.2 Å². The first-order valence-corrected chi connectivity index (χ1v) is 6.65. The van der Waals surface area contributed by atoms with Crippen LogP contribution < -0.4 is 4.74 Å². The average molecular weight is 295 g/mol. The second-order valence-electron chi connectivity index (χ2n) is 4.71. The van der Waals surface area contributed by atoms with Crippen molar-refractivity contribution >= 4 is 11.6 Å². The molecular formula is C16H16ClFO2. The lowest BCUT2D eigenvalue weighted by Crippen LogP contribution is -2.03. The van der Waals surface area contributed by atoms with E-state index in [0.29, 0.717) is 17.0 Å². The third kappa shape index (κ3) is 3.30. The molecule has 0 aliphatic heterocycles. The Morgan fingerprint density at radius 1 is 1.25 bits per heavy atom. The lowest BCUT2D eigenvalue weighted by atomic mass is 10.0. The second-order valence-corrected chi connectivity index (χ2v) is 5.12. The van der Waals surface area contributed by atoms with Crippen molar-refractivity contribution in [3.05, 3.63) is 63.9 Å². The van der Waals surface area contributed by atoms with E-state index in [1.54, 1.807) is 6.07 Å². The van der Waals surface area contributed by atoms with Gasteiger partial charge in [0.1, 0.15) is 0 Å². The largest absolute Gasteiger partial charge is 0.494 e. The standard InChI is InChI=1S/C16H16ClFO2/c1-10-3-4-11(13(17)7-10)9-15(19)12-5-6-16(20-2)14(18)8-12/h3-8,15,19H,9H2,1-2H3. The minimum absolute atomic E-state index is 0.161. The third-order valence-corrected chi connectivity index (χ3v) is 3.53. The van der Waals surface area contributed by atoms with Gasteiger partial charge in [-0.1, -0.05) is 29.8 Å². The average Bonchev–Trinajstić information content (AvgIpc) is 2.41. The van der Waals surface area contributed by atoms with E-state index in [0.717, 1.165) is 11.1 Å². The van der Waals surface area contributed by atoms with Crippen LogP contribution in [0.2, 0.25) is 5.02 Å². The molecule has 4 heteroatoms. The Balaban J connectivity index is 2.19. The molecule has 0 saturated heterocycles. The van der Waals surface area contributed by atoms with Crippen molar-refractivity contribution in [3.8, 4) is 5.75 Å². The molecule has 0 bridgehead atoms. The van der Waals surface area contributed by atoms with Gasteiger partial charge in [-0.2, -0.15) is 0 Å². The summed E-state index contributed by atoms with van der Waals surface area (Å²) in [6, 6.07) is 10.1. The number of ether oxygens (including phenoxy) is 1. The number of methoxy groups -OCH3 is 1. The van der Waals surface area contributed by atoms with Crippen LogP contribution in [0, 0.1) is 12.7 Å². The smallest absolute Gasteiger partial charge is 0.165 e. The summed E-state index contributed by atoms with van der Waals surface area (Å²) in [6.07, 6.45) is -0.471. The molecule has 0 spiro atoms. The Kier molecular flexibility index (Phi) is 4.63. The molecule has 20 heavy (non-hydrogen) atoms. The summed E-state index contributed by atoms with van der Waals surface area (Å²) in [5.74, 6) is -0.326. The zero-order valence-electron chi connectivity index (χ0n) is 11.4. The Morgan fingerprint density at radius 2 is 2.00 bits per heavy atom. The Labute approximate surface area is 122 Å². The van der Waals surface area contributed by atoms with Crippen LogP contribution in [0.5, 0.6) is 5.75 Å². The van der Waals surface area contributed by atoms with E-state index >= 15 is 0 Å².